The van der Waals surface area contributed by atoms with Crippen LogP contribution in [0.15, 0.2) is 24.3 Å². The zero-order valence-electron chi connectivity index (χ0n) is 11.8. The Morgan fingerprint density at radius 2 is 2.05 bits per heavy atom. The number of urea groups is 1. The van der Waals surface area contributed by atoms with Gasteiger partial charge in [-0.05, 0) is 31.0 Å². The van der Waals surface area contributed by atoms with Crippen LogP contribution in [-0.4, -0.2) is 29.7 Å². The topological polar surface area (TPSA) is 69.6 Å². The molecule has 1 unspecified atom stereocenters. The summed E-state index contributed by atoms with van der Waals surface area (Å²) in [4.78, 5) is 24.5. The zero-order valence-corrected chi connectivity index (χ0v) is 11.8. The molecule has 5 nitrogen and oxygen atoms in total. The van der Waals surface area contributed by atoms with E-state index in [2.05, 4.69) is 5.32 Å². The van der Waals surface area contributed by atoms with Gasteiger partial charge in [0.15, 0.2) is 0 Å². The number of halogens is 1. The number of carboxylic acid groups (broad SMARTS) is 1. The van der Waals surface area contributed by atoms with Gasteiger partial charge < -0.3 is 10.4 Å². The third kappa shape index (κ3) is 3.94. The number of nitrogens with zero attached hydrogens (tertiary/aromatic N) is 1. The predicted octanol–water partition coefficient (Wildman–Crippen LogP) is 2.47. The second-order valence-corrected chi connectivity index (χ2v) is 4.73. The van der Waals surface area contributed by atoms with Crippen molar-refractivity contribution in [3.8, 4) is 0 Å². The molecule has 0 fully saturated rings. The van der Waals surface area contributed by atoms with Gasteiger partial charge in [0.05, 0.1) is 0 Å². The average molecular weight is 282 g/mol. The molecular weight excluding hydrogens is 263 g/mol. The number of nitrogens with one attached hydrogen (secondary N) is 1. The molecule has 0 spiro atoms. The molecule has 1 atom stereocenters. The lowest BCUT2D eigenvalue weighted by atomic mass is 10.1. The number of hydrogen-bond acceptors (Lipinski definition) is 2. The highest BCUT2D eigenvalue weighted by Gasteiger charge is 2.26. The highest BCUT2D eigenvalue weighted by atomic mass is 19.1. The Balaban J connectivity index is 2.90. The second-order valence-electron chi connectivity index (χ2n) is 4.73. The van der Waals surface area contributed by atoms with Gasteiger partial charge in [0.2, 0.25) is 0 Å². The number of anilines is 1. The van der Waals surface area contributed by atoms with Crippen LogP contribution < -0.4 is 10.2 Å². The second kappa shape index (κ2) is 6.88. The number of hydrogen-bond donors (Lipinski definition) is 2. The Hall–Kier alpha value is -2.11. The Kier molecular flexibility index (Phi) is 5.49. The number of carbonyl (C=O) groups excluding carboxylic acids is 1. The van der Waals surface area contributed by atoms with Crippen LogP contribution in [0, 0.1) is 11.7 Å². The van der Waals surface area contributed by atoms with Crippen molar-refractivity contribution in [2.75, 3.05) is 11.4 Å². The molecule has 20 heavy (non-hydrogen) atoms. The van der Waals surface area contributed by atoms with Gasteiger partial charge in [-0.25, -0.2) is 14.0 Å². The summed E-state index contributed by atoms with van der Waals surface area (Å²) in [5.41, 5.74) is 0.387. The third-order valence-electron chi connectivity index (χ3n) is 2.89. The van der Waals surface area contributed by atoms with Crippen LogP contribution in [0.5, 0.6) is 0 Å². The van der Waals surface area contributed by atoms with Crippen LogP contribution in [0.2, 0.25) is 0 Å². The van der Waals surface area contributed by atoms with E-state index in [0.717, 1.165) is 0 Å². The molecule has 2 N–H and O–H groups in total. The van der Waals surface area contributed by atoms with Crippen molar-refractivity contribution in [3.63, 3.8) is 0 Å². The van der Waals surface area contributed by atoms with Gasteiger partial charge in [-0.3, -0.25) is 4.90 Å². The third-order valence-corrected chi connectivity index (χ3v) is 2.89. The van der Waals surface area contributed by atoms with E-state index in [0.29, 0.717) is 12.2 Å². The minimum atomic E-state index is -1.09. The largest absolute Gasteiger partial charge is 0.480 e. The summed E-state index contributed by atoms with van der Waals surface area (Å²) in [6, 6.07) is 4.07. The van der Waals surface area contributed by atoms with Gasteiger partial charge in [0.25, 0.3) is 0 Å². The van der Waals surface area contributed by atoms with Crippen LogP contribution in [0.4, 0.5) is 14.9 Å². The van der Waals surface area contributed by atoms with Crippen molar-refractivity contribution in [2.24, 2.45) is 5.92 Å². The summed E-state index contributed by atoms with van der Waals surface area (Å²) >= 11 is 0. The molecular formula is C14H19FN2O3. The molecule has 0 heterocycles. The molecule has 1 aromatic rings. The van der Waals surface area contributed by atoms with Crippen LogP contribution in [0.1, 0.15) is 20.8 Å². The predicted molar refractivity (Wildman–Crippen MR) is 74.2 cm³/mol. The molecule has 110 valence electrons. The molecule has 0 bridgehead atoms. The summed E-state index contributed by atoms with van der Waals surface area (Å²) in [6.07, 6.45) is 0. The first-order valence-electron chi connectivity index (χ1n) is 6.43. The summed E-state index contributed by atoms with van der Waals surface area (Å²) < 4.78 is 13.2. The van der Waals surface area contributed by atoms with E-state index in [4.69, 9.17) is 5.11 Å². The number of aliphatic carboxylic acids is 1. The van der Waals surface area contributed by atoms with Crippen molar-refractivity contribution in [1.82, 2.24) is 5.32 Å². The van der Waals surface area contributed by atoms with Gasteiger partial charge in [0, 0.05) is 12.2 Å². The van der Waals surface area contributed by atoms with Crippen molar-refractivity contribution in [3.05, 3.63) is 30.1 Å². The average Bonchev–Trinajstić information content (AvgIpc) is 2.36. The van der Waals surface area contributed by atoms with Crippen LogP contribution in [0.3, 0.4) is 0 Å². The molecule has 6 heteroatoms. The Bertz CT molecular complexity index is 491. The molecule has 0 aliphatic rings. The van der Waals surface area contributed by atoms with Gasteiger partial charge in [-0.15, -0.1) is 0 Å². The molecule has 1 aromatic carbocycles. The summed E-state index contributed by atoms with van der Waals surface area (Å²) in [5, 5.41) is 11.5. The summed E-state index contributed by atoms with van der Waals surface area (Å²) in [5.74, 6) is -1.79. The summed E-state index contributed by atoms with van der Waals surface area (Å²) in [7, 11) is 0. The molecule has 2 amide bonds. The van der Waals surface area contributed by atoms with Crippen LogP contribution >= 0.6 is 0 Å². The molecule has 0 aromatic heterocycles. The smallest absolute Gasteiger partial charge is 0.326 e. The number of amides is 2. The first kappa shape index (κ1) is 15.9. The fourth-order valence-electron chi connectivity index (χ4n) is 1.81. The fraction of sp³-hybridized carbons (Fsp3) is 0.429. The fourth-order valence-corrected chi connectivity index (χ4v) is 1.81. The first-order chi connectivity index (χ1) is 9.36. The Labute approximate surface area is 117 Å². The van der Waals surface area contributed by atoms with Gasteiger partial charge in [-0.1, -0.05) is 19.9 Å². The molecule has 0 saturated heterocycles. The minimum Gasteiger partial charge on any atom is -0.480 e. The van der Waals surface area contributed by atoms with E-state index in [-0.39, 0.29) is 5.92 Å². The van der Waals surface area contributed by atoms with E-state index in [1.54, 1.807) is 26.8 Å². The number of benzene rings is 1. The molecule has 0 aliphatic carbocycles. The summed E-state index contributed by atoms with van der Waals surface area (Å²) in [6.45, 7) is 5.45. The highest BCUT2D eigenvalue weighted by molar-refractivity contribution is 5.94. The first-order valence-corrected chi connectivity index (χ1v) is 6.43. The zero-order chi connectivity index (χ0) is 15.3. The lowest BCUT2D eigenvalue weighted by molar-refractivity contribution is -0.140. The van der Waals surface area contributed by atoms with Crippen molar-refractivity contribution in [1.29, 1.82) is 0 Å². The van der Waals surface area contributed by atoms with Crippen LogP contribution in [0.25, 0.3) is 0 Å². The normalized spacial score (nSPS) is 12.1. The number of carboxylic acids is 1. The number of carbonyl (C=O) groups is 2. The van der Waals surface area contributed by atoms with E-state index < -0.39 is 23.9 Å². The molecule has 0 radical (unpaired) electrons. The van der Waals surface area contributed by atoms with E-state index in [9.17, 15) is 14.0 Å². The SMILES string of the molecule is CCN(C(=O)NC(C(=O)O)C(C)C)c1cccc(F)c1. The van der Waals surface area contributed by atoms with E-state index >= 15 is 0 Å². The maximum absolute atomic E-state index is 13.2. The van der Waals surface area contributed by atoms with Gasteiger partial charge >= 0.3 is 12.0 Å². The maximum Gasteiger partial charge on any atom is 0.326 e. The monoisotopic (exact) mass is 282 g/mol. The van der Waals surface area contributed by atoms with E-state index in [1.807, 2.05) is 0 Å². The van der Waals surface area contributed by atoms with E-state index in [1.165, 1.54) is 23.1 Å². The lowest BCUT2D eigenvalue weighted by Crippen LogP contribution is -2.50. The van der Waals surface area contributed by atoms with Crippen molar-refractivity contribution < 1.29 is 19.1 Å². The lowest BCUT2D eigenvalue weighted by Gasteiger charge is -2.25. The Morgan fingerprint density at radius 1 is 1.40 bits per heavy atom. The Morgan fingerprint density at radius 3 is 2.50 bits per heavy atom. The maximum atomic E-state index is 13.2. The molecule has 0 aliphatic heterocycles. The van der Waals surface area contributed by atoms with Gasteiger partial charge in [0.1, 0.15) is 11.9 Å². The van der Waals surface area contributed by atoms with Crippen molar-refractivity contribution >= 4 is 17.7 Å². The minimum absolute atomic E-state index is 0.248. The quantitative estimate of drug-likeness (QED) is 0.871. The van der Waals surface area contributed by atoms with Crippen LogP contribution in [-0.2, 0) is 4.79 Å². The van der Waals surface area contributed by atoms with Crippen molar-refractivity contribution in [2.45, 2.75) is 26.8 Å². The number of rotatable bonds is 5. The van der Waals surface area contributed by atoms with Gasteiger partial charge in [-0.2, -0.15) is 0 Å². The molecule has 1 rings (SSSR count). The highest BCUT2D eigenvalue weighted by Crippen LogP contribution is 2.16. The molecule has 0 saturated carbocycles. The standard InChI is InChI=1S/C14H19FN2O3/c1-4-17(11-7-5-6-10(15)8-11)14(20)16-12(9(2)3)13(18)19/h5-9,12H,4H2,1-3H3,(H,16,20)(H,18,19).